The molecule has 0 radical (unpaired) electrons. The van der Waals surface area contributed by atoms with Crippen LogP contribution in [-0.2, 0) is 20.8 Å². The molecule has 0 aliphatic carbocycles. The molecule has 0 bridgehead atoms. The first-order chi connectivity index (χ1) is 13.5. The van der Waals surface area contributed by atoms with Gasteiger partial charge in [0.05, 0.1) is 0 Å². The average molecular weight is 382 g/mol. The summed E-state index contributed by atoms with van der Waals surface area (Å²) in [4.78, 5) is 37.1. The largest absolute Gasteiger partial charge is 0.484 e. The van der Waals surface area contributed by atoms with Crippen LogP contribution in [0.25, 0.3) is 0 Å². The summed E-state index contributed by atoms with van der Waals surface area (Å²) in [5, 5.41) is 11.8. The minimum atomic E-state index is -1.10. The second-order valence-electron chi connectivity index (χ2n) is 6.58. The molecular weight excluding hydrogens is 360 g/mol. The highest BCUT2D eigenvalue weighted by Crippen LogP contribution is 2.25. The third-order valence-electron chi connectivity index (χ3n) is 4.49. The molecule has 2 aromatic rings. The first-order valence-corrected chi connectivity index (χ1v) is 9.12. The van der Waals surface area contributed by atoms with Gasteiger partial charge in [-0.15, -0.1) is 0 Å². The topological polar surface area (TPSA) is 95.9 Å². The molecule has 1 saturated heterocycles. The number of hydrogen-bond donors (Lipinski definition) is 2. The van der Waals surface area contributed by atoms with Gasteiger partial charge in [-0.3, -0.25) is 9.59 Å². The minimum Gasteiger partial charge on any atom is -0.484 e. The van der Waals surface area contributed by atoms with Crippen molar-refractivity contribution >= 4 is 23.5 Å². The Labute approximate surface area is 162 Å². The second-order valence-corrected chi connectivity index (χ2v) is 6.58. The van der Waals surface area contributed by atoms with Gasteiger partial charge < -0.3 is 20.1 Å². The number of nitrogens with zero attached hydrogens (tertiary/aromatic N) is 1. The van der Waals surface area contributed by atoms with Gasteiger partial charge in [0.2, 0.25) is 5.91 Å². The van der Waals surface area contributed by atoms with Gasteiger partial charge in [-0.1, -0.05) is 36.4 Å². The van der Waals surface area contributed by atoms with Crippen LogP contribution in [0, 0.1) is 0 Å². The van der Waals surface area contributed by atoms with Crippen molar-refractivity contribution in [3.05, 3.63) is 60.2 Å². The lowest BCUT2D eigenvalue weighted by atomic mass is 10.1. The molecule has 7 nitrogen and oxygen atoms in total. The molecule has 0 saturated carbocycles. The number of carbonyl (C=O) groups is 3. The van der Waals surface area contributed by atoms with E-state index >= 15 is 0 Å². The van der Waals surface area contributed by atoms with E-state index in [1.165, 1.54) is 0 Å². The summed E-state index contributed by atoms with van der Waals surface area (Å²) in [5.41, 5.74) is 1.55. The molecule has 1 heterocycles. The first kappa shape index (κ1) is 19.4. The number of ether oxygens (including phenoxy) is 1. The lowest BCUT2D eigenvalue weighted by molar-refractivity contribution is -0.142. The van der Waals surface area contributed by atoms with Crippen molar-refractivity contribution in [2.24, 2.45) is 0 Å². The highest BCUT2D eigenvalue weighted by molar-refractivity contribution is 5.95. The zero-order chi connectivity index (χ0) is 19.9. The summed E-state index contributed by atoms with van der Waals surface area (Å²) in [6.07, 6.45) is 1.55. The van der Waals surface area contributed by atoms with Crippen molar-refractivity contribution in [2.75, 3.05) is 18.1 Å². The van der Waals surface area contributed by atoms with Crippen molar-refractivity contribution in [1.29, 1.82) is 0 Å². The number of hydrogen-bond acceptors (Lipinski definition) is 4. The molecule has 1 aliphatic heterocycles. The van der Waals surface area contributed by atoms with Gasteiger partial charge in [-0.05, 0) is 24.1 Å². The number of rotatable bonds is 8. The van der Waals surface area contributed by atoms with Gasteiger partial charge in [0.1, 0.15) is 11.8 Å². The van der Waals surface area contributed by atoms with E-state index in [1.54, 1.807) is 23.1 Å². The number of benzene rings is 2. The fourth-order valence-electron chi connectivity index (χ4n) is 3.10. The Balaban J connectivity index is 1.55. The maximum atomic E-state index is 12.2. The first-order valence-electron chi connectivity index (χ1n) is 9.12. The van der Waals surface area contributed by atoms with Gasteiger partial charge in [0.25, 0.3) is 5.91 Å². The predicted molar refractivity (Wildman–Crippen MR) is 103 cm³/mol. The quantitative estimate of drug-likeness (QED) is 0.728. The summed E-state index contributed by atoms with van der Waals surface area (Å²) in [6.45, 7) is 0.360. The number of carboxylic acids is 1. The molecule has 2 aromatic carbocycles. The Morgan fingerprint density at radius 2 is 1.93 bits per heavy atom. The molecule has 0 unspecified atom stereocenters. The van der Waals surface area contributed by atoms with Crippen molar-refractivity contribution in [1.82, 2.24) is 5.32 Å². The van der Waals surface area contributed by atoms with Crippen LogP contribution in [0.1, 0.15) is 18.4 Å². The summed E-state index contributed by atoms with van der Waals surface area (Å²) in [6, 6.07) is 15.0. The Morgan fingerprint density at radius 3 is 2.61 bits per heavy atom. The van der Waals surface area contributed by atoms with Crippen LogP contribution in [0.15, 0.2) is 54.6 Å². The number of carbonyl (C=O) groups excluding carboxylic acids is 2. The molecule has 1 atom stereocenters. The van der Waals surface area contributed by atoms with Crippen molar-refractivity contribution in [2.45, 2.75) is 25.3 Å². The third-order valence-corrected chi connectivity index (χ3v) is 4.49. The SMILES string of the molecule is O=C(COc1cccc(N2CCCC2=O)c1)N[C@H](Cc1ccccc1)C(=O)O. The van der Waals surface area contributed by atoms with Gasteiger partial charge in [0, 0.05) is 31.1 Å². The normalized spacial score (nSPS) is 14.6. The molecule has 3 rings (SSSR count). The minimum absolute atomic E-state index is 0.0695. The zero-order valence-corrected chi connectivity index (χ0v) is 15.3. The summed E-state index contributed by atoms with van der Waals surface area (Å²) < 4.78 is 5.49. The molecule has 0 aromatic heterocycles. The number of anilines is 1. The van der Waals surface area contributed by atoms with E-state index in [4.69, 9.17) is 4.74 Å². The molecule has 2 N–H and O–H groups in total. The lowest BCUT2D eigenvalue weighted by Crippen LogP contribution is -2.44. The highest BCUT2D eigenvalue weighted by Gasteiger charge is 2.22. The standard InChI is InChI=1S/C21H22N2O5/c24-19(22-18(21(26)27)12-15-6-2-1-3-7-15)14-28-17-9-4-8-16(13-17)23-11-5-10-20(23)25/h1-4,6-9,13,18H,5,10-12,14H2,(H,22,24)(H,26,27)/t18-/m1/s1. The predicted octanol–water partition coefficient (Wildman–Crippen LogP) is 2.00. The number of carboxylic acid groups (broad SMARTS) is 1. The van der Waals surface area contributed by atoms with Gasteiger partial charge in [-0.25, -0.2) is 4.79 Å². The van der Waals surface area contributed by atoms with Crippen LogP contribution in [0.4, 0.5) is 5.69 Å². The molecule has 0 spiro atoms. The van der Waals surface area contributed by atoms with Crippen LogP contribution < -0.4 is 15.0 Å². The molecule has 7 heteroatoms. The molecule has 28 heavy (non-hydrogen) atoms. The summed E-state index contributed by atoms with van der Waals surface area (Å²) >= 11 is 0. The Hall–Kier alpha value is -3.35. The molecule has 146 valence electrons. The third kappa shape index (κ3) is 5.09. The van der Waals surface area contributed by atoms with E-state index < -0.39 is 17.9 Å². The molecule has 1 fully saturated rings. The van der Waals surface area contributed by atoms with E-state index in [0.717, 1.165) is 17.7 Å². The van der Waals surface area contributed by atoms with Crippen molar-refractivity contribution in [3.8, 4) is 5.75 Å². The highest BCUT2D eigenvalue weighted by atomic mass is 16.5. The van der Waals surface area contributed by atoms with Gasteiger partial charge in [-0.2, -0.15) is 0 Å². The summed E-state index contributed by atoms with van der Waals surface area (Å²) in [7, 11) is 0. The van der Waals surface area contributed by atoms with E-state index in [9.17, 15) is 19.5 Å². The van der Waals surface area contributed by atoms with Gasteiger partial charge >= 0.3 is 5.97 Å². The van der Waals surface area contributed by atoms with E-state index in [-0.39, 0.29) is 18.9 Å². The molecule has 1 aliphatic rings. The average Bonchev–Trinajstić information content (AvgIpc) is 3.13. The maximum Gasteiger partial charge on any atom is 0.326 e. The van der Waals surface area contributed by atoms with Crippen LogP contribution in [-0.4, -0.2) is 42.1 Å². The van der Waals surface area contributed by atoms with Crippen LogP contribution in [0.3, 0.4) is 0 Å². The molecular formula is C21H22N2O5. The smallest absolute Gasteiger partial charge is 0.326 e. The van der Waals surface area contributed by atoms with Gasteiger partial charge in [0.15, 0.2) is 6.61 Å². The van der Waals surface area contributed by atoms with Crippen LogP contribution >= 0.6 is 0 Å². The van der Waals surface area contributed by atoms with Crippen LogP contribution in [0.5, 0.6) is 5.75 Å². The van der Waals surface area contributed by atoms with E-state index in [2.05, 4.69) is 5.32 Å². The Morgan fingerprint density at radius 1 is 1.14 bits per heavy atom. The lowest BCUT2D eigenvalue weighted by Gasteiger charge is -2.17. The van der Waals surface area contributed by atoms with Crippen molar-refractivity contribution in [3.63, 3.8) is 0 Å². The monoisotopic (exact) mass is 382 g/mol. The Bertz CT molecular complexity index is 853. The fourth-order valence-corrected chi connectivity index (χ4v) is 3.10. The van der Waals surface area contributed by atoms with Crippen molar-refractivity contribution < 1.29 is 24.2 Å². The molecule has 2 amide bonds. The number of nitrogens with one attached hydrogen (secondary N) is 1. The maximum absolute atomic E-state index is 12.2. The second kappa shape index (κ2) is 9.03. The fraction of sp³-hybridized carbons (Fsp3) is 0.286. The Kier molecular flexibility index (Phi) is 6.26. The zero-order valence-electron chi connectivity index (χ0n) is 15.3. The number of amides is 2. The van der Waals surface area contributed by atoms with E-state index in [0.29, 0.717) is 18.7 Å². The van der Waals surface area contributed by atoms with E-state index in [1.807, 2.05) is 36.4 Å². The summed E-state index contributed by atoms with van der Waals surface area (Å²) in [5.74, 6) is -1.11. The van der Waals surface area contributed by atoms with Crippen LogP contribution in [0.2, 0.25) is 0 Å². The number of aliphatic carboxylic acids is 1.